The molecule has 0 spiro atoms. The quantitative estimate of drug-likeness (QED) is 0.0324. The van der Waals surface area contributed by atoms with Crippen molar-refractivity contribution >= 4 is 95.1 Å². The highest BCUT2D eigenvalue weighted by molar-refractivity contribution is 8.00. The van der Waals surface area contributed by atoms with E-state index in [4.69, 9.17) is 38.7 Å². The summed E-state index contributed by atoms with van der Waals surface area (Å²) in [5.41, 5.74) is 2.27. The van der Waals surface area contributed by atoms with Crippen molar-refractivity contribution in [2.45, 2.75) is 155 Å². The minimum Gasteiger partial charge on any atom is -0.475 e. The summed E-state index contributed by atoms with van der Waals surface area (Å²) in [6.07, 6.45) is 5.45. The zero-order chi connectivity index (χ0) is 74.9. The average Bonchev–Trinajstić information content (AvgIpc) is 1.73. The maximum absolute atomic E-state index is 13.9. The fourth-order valence-electron chi connectivity index (χ4n) is 11.5. The fraction of sp³-hybridized carbons (Fsp3) is 0.556. The standard InChI is InChI=1S/C29H38N4O6S2.C28H36N4O6S2.2C2HF3O2.2CH3FS/c1-16(41-20-9-7-17(8-10-20)19-12-30-15-31-13-19)21(27-24(35)23(34)25(36)29(39-27)40-3)32-28(37)22-26-18(14-33(22)2)6-4-5-11-38-26;1-15(40-19-8-6-16(7-9-19)18-11-29-14-30-12-18)20(26-23(34)22(33)24(35)28(38-26)39-2)32-27(36)21-25-17(13-31-21)5-3-4-10-37-25;2*3-2(4,5)1(6)7;2*1-3-2/h4-5,7-10,12-13,15-16,18,21-27,29,34-36H,6,11,14H2,1-3H3,(H,32,37);3-4,6-9,11-12,14-15,17,20-26,28,31,33-35H,5,10,13H2,1-2H3,(H,32,36);2*(H,6,7);2*1H3/t16-,18-,21+,22-,23+,24?,25+,26+,27+,29?;15-,17-,20+,21-,22+,23?,24+,25+,26+,28?;;;;/m00..../s1. The molecule has 6 aliphatic heterocycles. The second kappa shape index (κ2) is 42.2. The maximum Gasteiger partial charge on any atom is 0.490 e. The highest BCUT2D eigenvalue weighted by Crippen LogP contribution is 2.38. The Morgan fingerprint density at radius 1 is 0.554 bits per heavy atom. The first-order valence-corrected chi connectivity index (χ1v) is 37.4. The van der Waals surface area contributed by atoms with Crippen LogP contribution >= 0.6 is 71.3 Å². The van der Waals surface area contributed by atoms with Gasteiger partial charge in [0.1, 0.15) is 84.4 Å². The van der Waals surface area contributed by atoms with Crippen LogP contribution in [-0.4, -0.2) is 267 Å². The topological polar surface area (TPSA) is 358 Å². The van der Waals surface area contributed by atoms with E-state index in [9.17, 15) is 74.3 Å². The lowest BCUT2D eigenvalue weighted by Crippen LogP contribution is -2.65. The number of carboxylic acids is 2. The molecule has 4 fully saturated rings. The highest BCUT2D eigenvalue weighted by atomic mass is 32.2. The summed E-state index contributed by atoms with van der Waals surface area (Å²) < 4.78 is 108. The molecule has 562 valence electrons. The zero-order valence-corrected chi connectivity index (χ0v) is 60.1. The van der Waals surface area contributed by atoms with Crippen molar-refractivity contribution in [1.82, 2.24) is 40.8 Å². The number of thioether (sulfide) groups is 4. The lowest BCUT2D eigenvalue weighted by Gasteiger charge is -2.45. The van der Waals surface area contributed by atoms with Crippen LogP contribution in [0.3, 0.4) is 0 Å². The summed E-state index contributed by atoms with van der Waals surface area (Å²) in [6.45, 7) is 6.24. The van der Waals surface area contributed by atoms with Crippen molar-refractivity contribution in [2.24, 2.45) is 11.8 Å². The Morgan fingerprint density at radius 3 is 1.30 bits per heavy atom. The summed E-state index contributed by atoms with van der Waals surface area (Å²) >= 11 is 6.05. The molecule has 10 rings (SSSR count). The van der Waals surface area contributed by atoms with Gasteiger partial charge in [-0.2, -0.15) is 34.1 Å². The van der Waals surface area contributed by atoms with Crippen molar-refractivity contribution in [3.8, 4) is 22.3 Å². The van der Waals surface area contributed by atoms with Crippen LogP contribution in [0.2, 0.25) is 0 Å². The number of carbonyl (C=O) groups is 4. The number of aromatic nitrogens is 4. The van der Waals surface area contributed by atoms with Gasteiger partial charge in [0.15, 0.2) is 0 Å². The number of hydrogen-bond acceptors (Lipinski definition) is 26. The molecule has 0 radical (unpaired) electrons. The third-order valence-electron chi connectivity index (χ3n) is 16.3. The molecule has 2 aromatic carbocycles. The number of carbonyl (C=O) groups excluding carboxylic acids is 2. The number of allylic oxidation sites excluding steroid dienone is 2. The number of likely N-dealkylation sites (N-methyl/N-ethyl adjacent to an activating group) is 1. The molecule has 20 atom stereocenters. The number of halogens is 8. The Kier molecular flexibility index (Phi) is 36.2. The van der Waals surface area contributed by atoms with Gasteiger partial charge in [-0.05, 0) is 67.8 Å². The molecule has 24 nitrogen and oxygen atoms in total. The van der Waals surface area contributed by atoms with Gasteiger partial charge in [-0.3, -0.25) is 14.5 Å². The molecule has 0 aliphatic carbocycles. The number of amides is 2. The third kappa shape index (κ3) is 25.4. The number of aliphatic hydroxyl groups is 6. The van der Waals surface area contributed by atoms with Gasteiger partial charge in [0, 0.05) is 118 Å². The number of nitrogens with zero attached hydrogens (tertiary/aromatic N) is 5. The lowest BCUT2D eigenvalue weighted by molar-refractivity contribution is -0.205. The van der Waals surface area contributed by atoms with Crippen LogP contribution in [0.25, 0.3) is 22.3 Å². The molecule has 2 amide bonds. The highest BCUT2D eigenvalue weighted by Gasteiger charge is 2.52. The normalized spacial score (nSPS) is 28.8. The van der Waals surface area contributed by atoms with Crippen molar-refractivity contribution in [2.75, 3.05) is 58.4 Å². The number of aliphatic hydroxyl groups excluding tert-OH is 6. The van der Waals surface area contributed by atoms with E-state index in [-0.39, 0.29) is 70.7 Å². The van der Waals surface area contributed by atoms with Crippen molar-refractivity contribution in [3.05, 3.63) is 110 Å². The number of benzene rings is 2. The number of hydrogen-bond donors (Lipinski definition) is 11. The SMILES string of the molecule is CSC1O[C@H]([C@H](NC(=O)[C@@H]2[C@@H]3OCC=CC[C@H]3CN2C)[C@H](C)Sc2ccc(-c3cncnc3)cc2)C(O)[C@@H](O)[C@H]1O.CSC1O[C@H]([C@H](NC(=O)[C@H]2NC[C@@H]3CC=CCO[C@H]32)[C@H](C)Sc2ccc(-c3cncnc3)cc2)C(O)[C@@H](O)[C@H]1O.CSF.CSF.O=C(O)C(F)(F)F.O=C(O)C(F)(F)F. The Balaban J connectivity index is 0.000000287. The number of ether oxygens (including phenoxy) is 4. The number of fused-ring (bicyclic) bond motifs is 2. The monoisotopic (exact) mass is 1550 g/mol. The van der Waals surface area contributed by atoms with Gasteiger partial charge >= 0.3 is 24.3 Å². The number of aliphatic carboxylic acids is 2. The van der Waals surface area contributed by atoms with E-state index < -0.39 is 108 Å². The first-order chi connectivity index (χ1) is 47.9. The molecular formula is C63H82F8N8O16S6. The van der Waals surface area contributed by atoms with E-state index in [0.717, 1.165) is 51.4 Å². The second-order valence-corrected chi connectivity index (χ2v) is 28.5. The predicted molar refractivity (Wildman–Crippen MR) is 369 cm³/mol. The van der Waals surface area contributed by atoms with Crippen LogP contribution in [0.1, 0.15) is 26.7 Å². The van der Waals surface area contributed by atoms with E-state index in [1.165, 1.54) is 72.2 Å². The summed E-state index contributed by atoms with van der Waals surface area (Å²) in [4.78, 5) is 65.6. The van der Waals surface area contributed by atoms with Gasteiger partial charge < -0.3 is 75.8 Å². The van der Waals surface area contributed by atoms with E-state index in [1.807, 2.05) is 86.5 Å². The van der Waals surface area contributed by atoms with Crippen LogP contribution in [0.5, 0.6) is 0 Å². The van der Waals surface area contributed by atoms with Crippen LogP contribution < -0.4 is 16.0 Å². The maximum atomic E-state index is 13.9. The molecule has 6 aliphatic rings. The third-order valence-corrected chi connectivity index (χ3v) is 20.5. The van der Waals surface area contributed by atoms with Gasteiger partial charge in [-0.15, -0.1) is 47.0 Å². The number of likely N-dealkylation sites (tertiary alicyclic amines) is 1. The van der Waals surface area contributed by atoms with Gasteiger partial charge in [0.25, 0.3) is 0 Å². The summed E-state index contributed by atoms with van der Waals surface area (Å²) in [6, 6.07) is 13.5. The minimum atomic E-state index is -5.08. The molecular weight excluding hydrogens is 1470 g/mol. The fourth-order valence-corrected chi connectivity index (χ4v) is 15.0. The van der Waals surface area contributed by atoms with Crippen molar-refractivity contribution < 1.29 is 113 Å². The Labute approximate surface area is 603 Å². The van der Waals surface area contributed by atoms with E-state index >= 15 is 0 Å². The van der Waals surface area contributed by atoms with E-state index in [0.29, 0.717) is 19.8 Å². The molecule has 38 heteroatoms. The van der Waals surface area contributed by atoms with Crippen LogP contribution in [0, 0.1) is 11.8 Å². The molecule has 0 saturated carbocycles. The minimum absolute atomic E-state index is 0.197. The number of alkyl halides is 6. The van der Waals surface area contributed by atoms with E-state index in [2.05, 4.69) is 48.0 Å². The van der Waals surface area contributed by atoms with E-state index in [1.54, 1.807) is 37.3 Å². The van der Waals surface area contributed by atoms with Crippen LogP contribution in [0.15, 0.2) is 120 Å². The number of nitrogens with one attached hydrogen (secondary N) is 3. The Bertz CT molecular complexity index is 3190. The first kappa shape index (κ1) is 86.7. The molecule has 101 heavy (non-hydrogen) atoms. The van der Waals surface area contributed by atoms with Gasteiger partial charge in [-0.1, -0.05) is 62.4 Å². The summed E-state index contributed by atoms with van der Waals surface area (Å²) in [5, 5.41) is 87.6. The largest absolute Gasteiger partial charge is 0.490 e. The van der Waals surface area contributed by atoms with Gasteiger partial charge in [-0.25, -0.2) is 29.5 Å². The summed E-state index contributed by atoms with van der Waals surface area (Å²) in [5.74, 6) is -5.57. The lowest BCUT2D eigenvalue weighted by atomic mass is 9.92. The first-order valence-electron chi connectivity index (χ1n) is 30.8. The van der Waals surface area contributed by atoms with Crippen LogP contribution in [0.4, 0.5) is 34.1 Å². The van der Waals surface area contributed by atoms with Gasteiger partial charge in [0.2, 0.25) is 11.8 Å². The van der Waals surface area contributed by atoms with Crippen molar-refractivity contribution in [1.29, 1.82) is 0 Å². The number of rotatable bonds is 16. The van der Waals surface area contributed by atoms with Crippen LogP contribution in [-0.2, 0) is 38.1 Å². The smallest absolute Gasteiger partial charge is 0.475 e. The molecule has 4 saturated heterocycles. The Morgan fingerprint density at radius 2 is 0.921 bits per heavy atom. The molecule has 2 aromatic heterocycles. The Hall–Kier alpha value is -4.98. The zero-order valence-electron chi connectivity index (χ0n) is 55.2. The van der Waals surface area contributed by atoms with Gasteiger partial charge in [0.05, 0.1) is 37.5 Å². The molecule has 11 N–H and O–H groups in total. The predicted octanol–water partition coefficient (Wildman–Crippen LogP) is 6.50. The molecule has 0 bridgehead atoms. The molecule has 4 aromatic rings. The molecule has 4 unspecified atom stereocenters. The number of carboxylic acid groups (broad SMARTS) is 2. The molecule has 8 heterocycles. The second-order valence-electron chi connectivity index (χ2n) is 23.1. The summed E-state index contributed by atoms with van der Waals surface area (Å²) in [7, 11) is 1.92. The average molecular weight is 1550 g/mol. The van der Waals surface area contributed by atoms with Crippen molar-refractivity contribution in [3.63, 3.8) is 0 Å².